The Kier molecular flexibility index (Phi) is 11.2. The molecule has 0 N–H and O–H groups in total. The predicted octanol–water partition coefficient (Wildman–Crippen LogP) is 14.9. The lowest BCUT2D eigenvalue weighted by Crippen LogP contribution is -2.12. The lowest BCUT2D eigenvalue weighted by Gasteiger charge is -2.30. The van der Waals surface area contributed by atoms with Crippen LogP contribution in [0.25, 0.3) is 54.6 Å². The molecule has 0 fully saturated rings. The zero-order valence-electron chi connectivity index (χ0n) is 36.1. The van der Waals surface area contributed by atoms with Crippen LogP contribution >= 0.6 is 0 Å². The van der Waals surface area contributed by atoms with Crippen molar-refractivity contribution in [2.45, 2.75) is 13.8 Å². The molecule has 10 aromatic rings. The molecule has 0 aliphatic rings. The first kappa shape index (κ1) is 41.2. The Labute approximate surface area is 378 Å². The third kappa shape index (κ3) is 8.05. The Balaban J connectivity index is 0.000000301. The van der Waals surface area contributed by atoms with Crippen LogP contribution in [-0.4, -0.2) is 7.05 Å². The monoisotopic (exact) mass is 832 g/mol. The lowest BCUT2D eigenvalue weighted by molar-refractivity contribution is 1.22. The van der Waals surface area contributed by atoms with Gasteiger partial charge in [-0.15, -0.1) is 0 Å². The second-order valence-corrected chi connectivity index (χ2v) is 16.1. The highest BCUT2D eigenvalue weighted by molar-refractivity contribution is 6.28. The lowest BCUT2D eigenvalue weighted by atomic mass is 9.91. The third-order valence-electron chi connectivity index (χ3n) is 12.0. The van der Waals surface area contributed by atoms with Crippen molar-refractivity contribution >= 4 is 60.8 Å². The summed E-state index contributed by atoms with van der Waals surface area (Å²) in [6, 6.07) is 71.9. The van der Waals surface area contributed by atoms with Gasteiger partial charge in [0, 0.05) is 40.6 Å². The molecule has 10 rings (SSSR count). The highest BCUT2D eigenvalue weighted by atomic mass is 15.1. The average molecular weight is 833 g/mol. The number of benzene rings is 10. The molecule has 10 aromatic carbocycles. The van der Waals surface area contributed by atoms with E-state index in [-0.39, 0.29) is 0 Å². The van der Waals surface area contributed by atoms with Crippen molar-refractivity contribution in [1.29, 1.82) is 21.0 Å². The Bertz CT molecular complexity index is 3560. The van der Waals surface area contributed by atoms with E-state index in [1.54, 1.807) is 0 Å². The minimum Gasteiger partial charge on any atom is -0.344 e. The molecule has 306 valence electrons. The third-order valence-corrected chi connectivity index (χ3v) is 12.0. The fourth-order valence-electron chi connectivity index (χ4n) is 8.55. The van der Waals surface area contributed by atoms with E-state index in [2.05, 4.69) is 145 Å². The van der Waals surface area contributed by atoms with Crippen LogP contribution in [0.4, 0.5) is 28.4 Å². The average Bonchev–Trinajstić information content (AvgIpc) is 3.37. The maximum absolute atomic E-state index is 9.90. The maximum Gasteiger partial charge on any atom is 0.0992 e. The van der Waals surface area contributed by atoms with Crippen LogP contribution in [0.2, 0.25) is 0 Å². The van der Waals surface area contributed by atoms with Gasteiger partial charge in [0.2, 0.25) is 0 Å². The molecule has 0 aromatic heterocycles. The summed E-state index contributed by atoms with van der Waals surface area (Å²) >= 11 is 0. The Morgan fingerprint density at radius 2 is 0.815 bits per heavy atom. The summed E-state index contributed by atoms with van der Waals surface area (Å²) in [5.41, 5.74) is 14.1. The molecule has 0 saturated heterocycles. The summed E-state index contributed by atoms with van der Waals surface area (Å²) in [4.78, 5) is 4.40. The molecule has 0 aliphatic carbocycles. The molecule has 0 heterocycles. The zero-order chi connectivity index (χ0) is 45.0. The van der Waals surface area contributed by atoms with E-state index in [1.165, 1.54) is 21.9 Å². The van der Waals surface area contributed by atoms with Crippen LogP contribution in [0, 0.1) is 59.2 Å². The summed E-state index contributed by atoms with van der Waals surface area (Å²) in [5, 5.41) is 44.3. The minimum absolute atomic E-state index is 0.583. The van der Waals surface area contributed by atoms with Crippen molar-refractivity contribution in [2.75, 3.05) is 16.8 Å². The Morgan fingerprint density at radius 1 is 0.369 bits per heavy atom. The number of hydrogen-bond acceptors (Lipinski definition) is 6. The number of anilines is 5. The van der Waals surface area contributed by atoms with Crippen LogP contribution in [0.1, 0.15) is 33.4 Å². The summed E-state index contributed by atoms with van der Waals surface area (Å²) in [6.45, 7) is 4.18. The van der Waals surface area contributed by atoms with Crippen molar-refractivity contribution in [1.82, 2.24) is 0 Å². The second kappa shape index (κ2) is 17.6. The minimum atomic E-state index is 0.583. The molecule has 6 nitrogen and oxygen atoms in total. The van der Waals surface area contributed by atoms with Crippen molar-refractivity contribution in [2.24, 2.45) is 0 Å². The molecule has 65 heavy (non-hydrogen) atoms. The van der Waals surface area contributed by atoms with Gasteiger partial charge in [0.1, 0.15) is 0 Å². The second-order valence-electron chi connectivity index (χ2n) is 16.1. The van der Waals surface area contributed by atoms with E-state index in [0.717, 1.165) is 72.2 Å². The van der Waals surface area contributed by atoms with Crippen LogP contribution in [-0.2, 0) is 0 Å². The largest absolute Gasteiger partial charge is 0.344 e. The van der Waals surface area contributed by atoms with E-state index < -0.39 is 0 Å². The number of nitrogens with zero attached hydrogens (tertiary/aromatic N) is 6. The van der Waals surface area contributed by atoms with Gasteiger partial charge in [0.05, 0.1) is 52.2 Å². The Morgan fingerprint density at radius 3 is 1.37 bits per heavy atom. The van der Waals surface area contributed by atoms with Gasteiger partial charge in [-0.05, 0) is 142 Å². The number of hydrogen-bond donors (Lipinski definition) is 0. The van der Waals surface area contributed by atoms with Crippen LogP contribution in [0.3, 0.4) is 0 Å². The van der Waals surface area contributed by atoms with E-state index in [4.69, 9.17) is 5.26 Å². The number of nitriles is 4. The smallest absolute Gasteiger partial charge is 0.0992 e. The van der Waals surface area contributed by atoms with E-state index in [9.17, 15) is 15.8 Å². The molecule has 0 spiro atoms. The standard InChI is InChI=1S/C45H29N5.C14H11N/c1-29-9-12-36(33-13-10-30(26-46)11-14-33)25-43(29)50(38-8-4-6-32(24-38)28-48)42-22-18-35-15-19-39-41(49(2)37-7-3-5-31(23-37)27-47)21-17-34-16-20-40(42)45(35)44(34)39;1-11-2-6-13(7-3-11)14-8-4-12(10-15)5-9-14/h3-25H,1-2H3;2-9H,1H3. The SMILES string of the molecule is Cc1ccc(-c2ccc(C#N)cc2)cc1.Cc1ccc(-c2ccc(C#N)cc2)cc1N(c1cccc(C#N)c1)c1ccc2ccc3c(N(C)c4cccc(C#N)c4)ccc4ccc1c2c43. The fourth-order valence-corrected chi connectivity index (χ4v) is 8.55. The molecule has 0 unspecified atom stereocenters. The van der Waals surface area contributed by atoms with Gasteiger partial charge >= 0.3 is 0 Å². The summed E-state index contributed by atoms with van der Waals surface area (Å²) in [6.07, 6.45) is 0. The normalized spacial score (nSPS) is 10.6. The number of aryl methyl sites for hydroxylation is 2. The van der Waals surface area contributed by atoms with Gasteiger partial charge in [0.15, 0.2) is 0 Å². The van der Waals surface area contributed by atoms with Gasteiger partial charge in [0.25, 0.3) is 0 Å². The van der Waals surface area contributed by atoms with Crippen molar-refractivity contribution in [3.05, 3.63) is 221 Å². The first-order valence-electron chi connectivity index (χ1n) is 21.2. The predicted molar refractivity (Wildman–Crippen MR) is 265 cm³/mol. The van der Waals surface area contributed by atoms with Gasteiger partial charge in [-0.25, -0.2) is 0 Å². The summed E-state index contributed by atoms with van der Waals surface area (Å²) in [7, 11) is 2.04. The van der Waals surface area contributed by atoms with Gasteiger partial charge < -0.3 is 9.80 Å². The fraction of sp³-hybridized carbons (Fsp3) is 0.0508. The highest BCUT2D eigenvalue weighted by Gasteiger charge is 2.22. The van der Waals surface area contributed by atoms with Gasteiger partial charge in [-0.3, -0.25) is 0 Å². The first-order chi connectivity index (χ1) is 31.8. The van der Waals surface area contributed by atoms with E-state index in [1.807, 2.05) is 98.0 Å². The van der Waals surface area contributed by atoms with Gasteiger partial charge in [-0.1, -0.05) is 115 Å². The van der Waals surface area contributed by atoms with Crippen LogP contribution in [0.15, 0.2) is 188 Å². The topological polar surface area (TPSA) is 102 Å². The Hall–Kier alpha value is -9.20. The molecular weight excluding hydrogens is 793 g/mol. The molecule has 0 amide bonds. The van der Waals surface area contributed by atoms with Gasteiger partial charge in [-0.2, -0.15) is 21.0 Å². The van der Waals surface area contributed by atoms with Crippen LogP contribution < -0.4 is 9.80 Å². The quantitative estimate of drug-likeness (QED) is 0.148. The van der Waals surface area contributed by atoms with E-state index >= 15 is 0 Å². The molecule has 0 radical (unpaired) electrons. The first-order valence-corrected chi connectivity index (χ1v) is 21.2. The molecule has 0 saturated carbocycles. The van der Waals surface area contributed by atoms with Crippen molar-refractivity contribution in [3.8, 4) is 46.5 Å². The maximum atomic E-state index is 9.90. The molecule has 0 atom stereocenters. The number of rotatable bonds is 7. The molecule has 6 heteroatoms. The summed E-state index contributed by atoms with van der Waals surface area (Å²) < 4.78 is 0. The molecular formula is C59H40N6. The van der Waals surface area contributed by atoms with Crippen molar-refractivity contribution in [3.63, 3.8) is 0 Å². The summed E-state index contributed by atoms with van der Waals surface area (Å²) in [5.74, 6) is 0. The van der Waals surface area contributed by atoms with E-state index in [0.29, 0.717) is 22.3 Å². The molecule has 0 bridgehead atoms. The van der Waals surface area contributed by atoms with Crippen molar-refractivity contribution < 1.29 is 0 Å². The molecule has 0 aliphatic heterocycles. The highest BCUT2D eigenvalue weighted by Crippen LogP contribution is 2.47. The van der Waals surface area contributed by atoms with Crippen LogP contribution in [0.5, 0.6) is 0 Å². The zero-order valence-corrected chi connectivity index (χ0v) is 36.1.